The lowest BCUT2D eigenvalue weighted by Gasteiger charge is -2.07. The second-order valence-corrected chi connectivity index (χ2v) is 5.82. The van der Waals surface area contributed by atoms with E-state index in [0.717, 1.165) is 18.7 Å². The Hall–Kier alpha value is -1.36. The Balaban J connectivity index is 1.78. The number of benzene rings is 1. The predicted molar refractivity (Wildman–Crippen MR) is 85.5 cm³/mol. The minimum atomic E-state index is -0.0677. The van der Waals surface area contributed by atoms with Crippen LogP contribution >= 0.6 is 22.9 Å². The third-order valence-electron chi connectivity index (χ3n) is 2.90. The molecule has 2 aromatic rings. The number of nitrogens with one attached hydrogen (secondary N) is 2. The lowest BCUT2D eigenvalue weighted by molar-refractivity contribution is -0.115. The molecule has 0 saturated heterocycles. The molecule has 106 valence electrons. The van der Waals surface area contributed by atoms with Gasteiger partial charge in [0, 0.05) is 22.1 Å². The molecule has 3 nitrogen and oxygen atoms in total. The lowest BCUT2D eigenvalue weighted by atomic mass is 10.2. The molecule has 0 atom stereocenters. The van der Waals surface area contributed by atoms with E-state index in [4.69, 9.17) is 11.6 Å². The number of carbonyl (C=O) groups is 1. The summed E-state index contributed by atoms with van der Waals surface area (Å²) in [7, 11) is 0. The molecule has 0 unspecified atom stereocenters. The summed E-state index contributed by atoms with van der Waals surface area (Å²) in [5.41, 5.74) is 2.06. The number of hydrogen-bond donors (Lipinski definition) is 2. The van der Waals surface area contributed by atoms with Crippen molar-refractivity contribution >= 4 is 34.5 Å². The van der Waals surface area contributed by atoms with E-state index >= 15 is 0 Å². The molecule has 0 bridgehead atoms. The van der Waals surface area contributed by atoms with E-state index in [9.17, 15) is 4.79 Å². The van der Waals surface area contributed by atoms with Crippen LogP contribution in [0.1, 0.15) is 17.4 Å². The summed E-state index contributed by atoms with van der Waals surface area (Å²) in [6.45, 7) is 3.15. The first-order valence-electron chi connectivity index (χ1n) is 6.50. The molecule has 1 heterocycles. The predicted octanol–water partition coefficient (Wildman–Crippen LogP) is 3.69. The molecule has 0 fully saturated rings. The molecular formula is C15H17ClN2OS. The van der Waals surface area contributed by atoms with Crippen molar-refractivity contribution in [3.8, 4) is 0 Å². The molecule has 5 heteroatoms. The van der Waals surface area contributed by atoms with Crippen LogP contribution in [-0.4, -0.2) is 12.5 Å². The monoisotopic (exact) mass is 308 g/mol. The summed E-state index contributed by atoms with van der Waals surface area (Å²) in [4.78, 5) is 13.1. The highest BCUT2D eigenvalue weighted by Gasteiger charge is 2.05. The van der Waals surface area contributed by atoms with Gasteiger partial charge >= 0.3 is 0 Å². The lowest BCUT2D eigenvalue weighted by Crippen LogP contribution is -2.27. The molecule has 1 aromatic heterocycles. The fourth-order valence-corrected chi connectivity index (χ4v) is 3.03. The van der Waals surface area contributed by atoms with E-state index in [1.807, 2.05) is 12.1 Å². The van der Waals surface area contributed by atoms with E-state index in [0.29, 0.717) is 5.02 Å². The summed E-state index contributed by atoms with van der Waals surface area (Å²) >= 11 is 7.59. The van der Waals surface area contributed by atoms with Gasteiger partial charge in [0.2, 0.25) is 5.91 Å². The Morgan fingerprint density at radius 1 is 1.35 bits per heavy atom. The van der Waals surface area contributed by atoms with Gasteiger partial charge in [0.05, 0.1) is 6.54 Å². The average Bonchev–Trinajstić information content (AvgIpc) is 2.86. The van der Waals surface area contributed by atoms with Crippen LogP contribution in [0, 0.1) is 0 Å². The van der Waals surface area contributed by atoms with Crippen molar-refractivity contribution in [2.24, 2.45) is 0 Å². The van der Waals surface area contributed by atoms with Crippen LogP contribution in [0.4, 0.5) is 5.69 Å². The Morgan fingerprint density at radius 2 is 2.20 bits per heavy atom. The van der Waals surface area contributed by atoms with E-state index in [1.165, 1.54) is 10.4 Å². The van der Waals surface area contributed by atoms with E-state index < -0.39 is 0 Å². The molecule has 2 N–H and O–H groups in total. The average molecular weight is 309 g/mol. The first-order valence-corrected chi connectivity index (χ1v) is 7.76. The fourth-order valence-electron chi connectivity index (χ4n) is 1.90. The van der Waals surface area contributed by atoms with Crippen LogP contribution in [0.5, 0.6) is 0 Å². The van der Waals surface area contributed by atoms with E-state index in [-0.39, 0.29) is 12.5 Å². The first kappa shape index (κ1) is 15.0. The molecule has 0 aliphatic carbocycles. The normalized spacial score (nSPS) is 10.5. The number of rotatable bonds is 6. The van der Waals surface area contributed by atoms with E-state index in [1.54, 1.807) is 23.5 Å². The number of hydrogen-bond acceptors (Lipinski definition) is 3. The smallest absolute Gasteiger partial charge is 0.238 e. The van der Waals surface area contributed by atoms with Crippen molar-refractivity contribution in [1.29, 1.82) is 0 Å². The summed E-state index contributed by atoms with van der Waals surface area (Å²) < 4.78 is 0. The van der Waals surface area contributed by atoms with Gasteiger partial charge in [-0.05, 0) is 41.6 Å². The van der Waals surface area contributed by atoms with Crippen molar-refractivity contribution < 1.29 is 4.79 Å². The zero-order valence-electron chi connectivity index (χ0n) is 11.3. The van der Waals surface area contributed by atoms with Crippen LogP contribution in [-0.2, 0) is 17.8 Å². The fraction of sp³-hybridized carbons (Fsp3) is 0.267. The zero-order valence-corrected chi connectivity index (χ0v) is 12.9. The van der Waals surface area contributed by atoms with Gasteiger partial charge in [0.15, 0.2) is 0 Å². The molecule has 1 aromatic carbocycles. The maximum absolute atomic E-state index is 11.8. The second kappa shape index (κ2) is 7.43. The summed E-state index contributed by atoms with van der Waals surface area (Å²) in [6, 6.07) is 9.27. The quantitative estimate of drug-likeness (QED) is 0.854. The van der Waals surface area contributed by atoms with Crippen molar-refractivity contribution in [3.05, 3.63) is 51.2 Å². The van der Waals surface area contributed by atoms with Gasteiger partial charge in [-0.2, -0.15) is 0 Å². The van der Waals surface area contributed by atoms with Crippen molar-refractivity contribution in [3.63, 3.8) is 0 Å². The SMILES string of the molecule is CCc1ccsc1CNCC(=O)Nc1cccc(Cl)c1. The molecule has 0 aliphatic heterocycles. The number of halogens is 1. The zero-order chi connectivity index (χ0) is 14.4. The Morgan fingerprint density at radius 3 is 2.95 bits per heavy atom. The molecule has 1 amide bonds. The summed E-state index contributed by atoms with van der Waals surface area (Å²) in [6.07, 6.45) is 1.02. The van der Waals surface area contributed by atoms with Crippen LogP contribution < -0.4 is 10.6 Å². The molecular weight excluding hydrogens is 292 g/mol. The molecule has 20 heavy (non-hydrogen) atoms. The van der Waals surface area contributed by atoms with Gasteiger partial charge in [-0.15, -0.1) is 11.3 Å². The molecule has 0 saturated carbocycles. The van der Waals surface area contributed by atoms with Crippen molar-refractivity contribution in [2.75, 3.05) is 11.9 Å². The van der Waals surface area contributed by atoms with Crippen LogP contribution in [0.3, 0.4) is 0 Å². The third kappa shape index (κ3) is 4.34. The van der Waals surface area contributed by atoms with Gasteiger partial charge in [0.25, 0.3) is 0 Å². The van der Waals surface area contributed by atoms with Gasteiger partial charge in [-0.3, -0.25) is 4.79 Å². The van der Waals surface area contributed by atoms with Gasteiger partial charge in [-0.25, -0.2) is 0 Å². The number of aryl methyl sites for hydroxylation is 1. The highest BCUT2D eigenvalue weighted by atomic mass is 35.5. The highest BCUT2D eigenvalue weighted by molar-refractivity contribution is 7.10. The molecule has 0 aliphatic rings. The van der Waals surface area contributed by atoms with Crippen molar-refractivity contribution in [1.82, 2.24) is 5.32 Å². The maximum atomic E-state index is 11.8. The Kier molecular flexibility index (Phi) is 5.59. The number of thiophene rings is 1. The van der Waals surface area contributed by atoms with Crippen molar-refractivity contribution in [2.45, 2.75) is 19.9 Å². The van der Waals surface area contributed by atoms with Gasteiger partial charge in [-0.1, -0.05) is 24.6 Å². The van der Waals surface area contributed by atoms with Crippen LogP contribution in [0.25, 0.3) is 0 Å². The number of amides is 1. The van der Waals surface area contributed by atoms with E-state index in [2.05, 4.69) is 29.0 Å². The molecule has 0 spiro atoms. The largest absolute Gasteiger partial charge is 0.325 e. The standard InChI is InChI=1S/C15H17ClN2OS/c1-2-11-6-7-20-14(11)9-17-10-15(19)18-13-5-3-4-12(16)8-13/h3-8,17H,2,9-10H2,1H3,(H,18,19). The minimum Gasteiger partial charge on any atom is -0.325 e. The first-order chi connectivity index (χ1) is 9.69. The van der Waals surface area contributed by atoms with Gasteiger partial charge < -0.3 is 10.6 Å². The topological polar surface area (TPSA) is 41.1 Å². The Labute approximate surface area is 128 Å². The summed E-state index contributed by atoms with van der Waals surface area (Å²) in [5, 5.41) is 8.67. The highest BCUT2D eigenvalue weighted by Crippen LogP contribution is 2.17. The molecule has 0 radical (unpaired) electrons. The molecule has 2 rings (SSSR count). The van der Waals surface area contributed by atoms with Crippen LogP contribution in [0.15, 0.2) is 35.7 Å². The second-order valence-electron chi connectivity index (χ2n) is 4.38. The maximum Gasteiger partial charge on any atom is 0.238 e. The minimum absolute atomic E-state index is 0.0677. The van der Waals surface area contributed by atoms with Crippen LogP contribution in [0.2, 0.25) is 5.02 Å². The summed E-state index contributed by atoms with van der Waals surface area (Å²) in [5.74, 6) is -0.0677. The number of anilines is 1. The Bertz CT molecular complexity index is 583. The number of carbonyl (C=O) groups excluding carboxylic acids is 1. The third-order valence-corrected chi connectivity index (χ3v) is 4.10. The van der Waals surface area contributed by atoms with Gasteiger partial charge in [0.1, 0.15) is 0 Å².